The fourth-order valence-corrected chi connectivity index (χ4v) is 7.22. The maximum atomic E-state index is 13.0. The zero-order chi connectivity index (χ0) is 26.3. The van der Waals surface area contributed by atoms with E-state index >= 15 is 0 Å². The largest absolute Gasteiger partial charge is 0.462 e. The number of rotatable bonds is 5. The molecule has 192 valence electrons. The van der Waals surface area contributed by atoms with Crippen LogP contribution < -0.4 is 5.32 Å². The van der Waals surface area contributed by atoms with Gasteiger partial charge in [-0.15, -0.1) is 11.3 Å². The Morgan fingerprint density at radius 1 is 1.14 bits per heavy atom. The van der Waals surface area contributed by atoms with Gasteiger partial charge in [0.15, 0.2) is 5.17 Å². The number of amides is 1. The van der Waals surface area contributed by atoms with E-state index in [-0.39, 0.29) is 11.9 Å². The maximum Gasteiger partial charge on any atom is 0.341 e. The Morgan fingerprint density at radius 3 is 2.68 bits per heavy atom. The summed E-state index contributed by atoms with van der Waals surface area (Å²) < 4.78 is 7.61. The number of esters is 1. The van der Waals surface area contributed by atoms with Gasteiger partial charge in [-0.05, 0) is 119 Å². The molecule has 0 saturated carbocycles. The van der Waals surface area contributed by atoms with E-state index in [1.165, 1.54) is 22.2 Å². The minimum atomic E-state index is -0.248. The number of hydrogen-bond acceptors (Lipinski definition) is 6. The van der Waals surface area contributed by atoms with E-state index in [9.17, 15) is 9.59 Å². The van der Waals surface area contributed by atoms with Crippen molar-refractivity contribution in [3.8, 4) is 5.00 Å². The highest BCUT2D eigenvalue weighted by Crippen LogP contribution is 2.40. The number of hydrogen-bond donors (Lipinski definition) is 1. The van der Waals surface area contributed by atoms with Crippen molar-refractivity contribution in [1.82, 2.24) is 9.88 Å². The first-order valence-corrected chi connectivity index (χ1v) is 14.3. The van der Waals surface area contributed by atoms with Crippen LogP contribution in [0.5, 0.6) is 0 Å². The topological polar surface area (TPSA) is 72.7 Å². The van der Waals surface area contributed by atoms with E-state index in [4.69, 9.17) is 4.74 Å². The van der Waals surface area contributed by atoms with Crippen LogP contribution in [-0.2, 0) is 22.4 Å². The number of nitrogens with zero attached hydrogens (tertiary/aromatic N) is 2. The highest BCUT2D eigenvalue weighted by atomic mass is 32.2. The van der Waals surface area contributed by atoms with Crippen LogP contribution in [0.3, 0.4) is 0 Å². The van der Waals surface area contributed by atoms with Gasteiger partial charge >= 0.3 is 5.97 Å². The van der Waals surface area contributed by atoms with Gasteiger partial charge in [0, 0.05) is 16.3 Å². The smallest absolute Gasteiger partial charge is 0.341 e. The number of nitrogens with one attached hydrogen (secondary N) is 1. The molecule has 5 rings (SSSR count). The van der Waals surface area contributed by atoms with E-state index in [0.717, 1.165) is 64.4 Å². The lowest BCUT2D eigenvalue weighted by atomic mass is 9.95. The van der Waals surface area contributed by atoms with Crippen LogP contribution in [-0.4, -0.2) is 28.2 Å². The molecule has 8 heteroatoms. The van der Waals surface area contributed by atoms with Crippen LogP contribution in [0, 0.1) is 27.7 Å². The van der Waals surface area contributed by atoms with Crippen LogP contribution in [0.25, 0.3) is 11.1 Å². The third kappa shape index (κ3) is 4.92. The molecule has 6 nitrogen and oxygen atoms in total. The number of amidine groups is 1. The van der Waals surface area contributed by atoms with Crippen molar-refractivity contribution in [2.24, 2.45) is 4.99 Å². The Morgan fingerprint density at radius 2 is 1.92 bits per heavy atom. The van der Waals surface area contributed by atoms with Crippen molar-refractivity contribution in [1.29, 1.82) is 0 Å². The summed E-state index contributed by atoms with van der Waals surface area (Å²) in [5.41, 5.74) is 8.00. The second-order valence-electron chi connectivity index (χ2n) is 9.52. The van der Waals surface area contributed by atoms with Gasteiger partial charge in [-0.3, -0.25) is 4.79 Å². The van der Waals surface area contributed by atoms with Gasteiger partial charge in [0.05, 0.1) is 22.8 Å². The van der Waals surface area contributed by atoms with E-state index in [1.807, 2.05) is 45.0 Å². The van der Waals surface area contributed by atoms with Gasteiger partial charge < -0.3 is 14.6 Å². The first kappa shape index (κ1) is 25.5. The van der Waals surface area contributed by atoms with Crippen LogP contribution >= 0.6 is 23.1 Å². The highest BCUT2D eigenvalue weighted by Gasteiger charge is 2.29. The van der Waals surface area contributed by atoms with E-state index in [0.29, 0.717) is 22.2 Å². The first-order chi connectivity index (χ1) is 17.8. The Bertz CT molecular complexity index is 1480. The zero-order valence-corrected chi connectivity index (χ0v) is 23.5. The number of fused-ring (bicyclic) bond motifs is 1. The maximum absolute atomic E-state index is 13.0. The zero-order valence-electron chi connectivity index (χ0n) is 21.9. The minimum absolute atomic E-state index is 0.156. The van der Waals surface area contributed by atoms with Gasteiger partial charge in [0.2, 0.25) is 0 Å². The lowest BCUT2D eigenvalue weighted by Gasteiger charge is -2.13. The molecular formula is C29H31N3O3S2. The molecule has 2 aromatic heterocycles. The molecular weight excluding hydrogens is 502 g/mol. The molecule has 1 fully saturated rings. The van der Waals surface area contributed by atoms with E-state index < -0.39 is 0 Å². The SMILES string of the molecule is CCOC(=O)c1c(-n2c(C)cc(C=C3SC(=Nc4ccc(C)c(C)c4)NC3=O)c2C)sc2c1CCCC2. The predicted molar refractivity (Wildman–Crippen MR) is 152 cm³/mol. The molecule has 1 N–H and O–H groups in total. The highest BCUT2D eigenvalue weighted by molar-refractivity contribution is 8.18. The molecule has 1 aromatic carbocycles. The van der Waals surface area contributed by atoms with Gasteiger partial charge in [-0.25, -0.2) is 9.79 Å². The number of aliphatic imine (C=N–C) groups is 1. The second-order valence-corrected chi connectivity index (χ2v) is 11.6. The number of aryl methyl sites for hydroxylation is 4. The van der Waals surface area contributed by atoms with Crippen molar-refractivity contribution in [3.05, 3.63) is 73.3 Å². The molecule has 0 bridgehead atoms. The average molecular weight is 534 g/mol. The van der Waals surface area contributed by atoms with E-state index in [2.05, 4.69) is 34.8 Å². The molecule has 3 heterocycles. The molecule has 1 aliphatic carbocycles. The van der Waals surface area contributed by atoms with Crippen molar-refractivity contribution in [2.45, 2.75) is 60.3 Å². The number of thioether (sulfide) groups is 1. The Labute approximate surface area is 225 Å². The molecule has 3 aromatic rings. The van der Waals surface area contributed by atoms with Gasteiger partial charge in [-0.1, -0.05) is 6.07 Å². The Kier molecular flexibility index (Phi) is 7.14. The second kappa shape index (κ2) is 10.3. The predicted octanol–water partition coefficient (Wildman–Crippen LogP) is 6.72. The summed E-state index contributed by atoms with van der Waals surface area (Å²) in [6, 6.07) is 8.09. The van der Waals surface area contributed by atoms with Crippen molar-refractivity contribution in [3.63, 3.8) is 0 Å². The standard InChI is InChI=1S/C29H31N3O3S2/c1-6-35-28(34)25-22-9-7-8-10-23(22)36-27(25)32-18(4)14-20(19(32)5)15-24-26(33)31-29(37-24)30-21-12-11-16(2)17(3)13-21/h11-15H,6-10H2,1-5H3,(H,30,31,33). The van der Waals surface area contributed by atoms with Crippen molar-refractivity contribution in [2.75, 3.05) is 6.61 Å². The third-order valence-corrected chi connectivity index (χ3v) is 9.15. The van der Waals surface area contributed by atoms with Gasteiger partial charge in [-0.2, -0.15) is 0 Å². The molecule has 0 atom stereocenters. The number of carbonyl (C=O) groups is 2. The molecule has 0 spiro atoms. The monoisotopic (exact) mass is 533 g/mol. The molecule has 2 aliphatic rings. The summed E-state index contributed by atoms with van der Waals surface area (Å²) >= 11 is 3.04. The summed E-state index contributed by atoms with van der Waals surface area (Å²) in [5, 5.41) is 4.38. The van der Waals surface area contributed by atoms with Crippen LogP contribution in [0.15, 0.2) is 34.2 Å². The fraction of sp³-hybridized carbons (Fsp3) is 0.345. The number of aromatic nitrogens is 1. The quantitative estimate of drug-likeness (QED) is 0.292. The number of ether oxygens (including phenoxy) is 1. The van der Waals surface area contributed by atoms with Crippen molar-refractivity contribution < 1.29 is 14.3 Å². The summed E-state index contributed by atoms with van der Waals surface area (Å²) in [4.78, 5) is 32.3. The lowest BCUT2D eigenvalue weighted by molar-refractivity contribution is -0.115. The summed E-state index contributed by atoms with van der Waals surface area (Å²) in [6.07, 6.45) is 6.07. The summed E-state index contributed by atoms with van der Waals surface area (Å²) in [6.45, 7) is 10.4. The van der Waals surface area contributed by atoms with Crippen LogP contribution in [0.2, 0.25) is 0 Å². The molecule has 1 amide bonds. The van der Waals surface area contributed by atoms with E-state index in [1.54, 1.807) is 11.3 Å². The Hall–Kier alpha value is -3.10. The number of thiophene rings is 1. The van der Waals surface area contributed by atoms with Crippen molar-refractivity contribution >= 4 is 51.9 Å². The lowest BCUT2D eigenvalue weighted by Crippen LogP contribution is -2.19. The van der Waals surface area contributed by atoms with Crippen LogP contribution in [0.4, 0.5) is 5.69 Å². The van der Waals surface area contributed by atoms with Crippen LogP contribution in [0.1, 0.15) is 68.6 Å². The van der Waals surface area contributed by atoms with Gasteiger partial charge in [0.25, 0.3) is 5.91 Å². The molecule has 37 heavy (non-hydrogen) atoms. The minimum Gasteiger partial charge on any atom is -0.462 e. The summed E-state index contributed by atoms with van der Waals surface area (Å²) in [5.74, 6) is -0.404. The normalized spacial score (nSPS) is 17.4. The Balaban J connectivity index is 1.50. The molecule has 0 unspecified atom stereocenters. The number of carbonyl (C=O) groups excluding carboxylic acids is 2. The summed E-state index contributed by atoms with van der Waals surface area (Å²) in [7, 11) is 0. The molecule has 1 aliphatic heterocycles. The van der Waals surface area contributed by atoms with Gasteiger partial charge in [0.1, 0.15) is 5.00 Å². The molecule has 1 saturated heterocycles. The molecule has 0 radical (unpaired) electrons. The third-order valence-electron chi connectivity index (χ3n) is 6.96. The first-order valence-electron chi connectivity index (χ1n) is 12.6. The average Bonchev–Trinajstić information content (AvgIpc) is 3.49. The number of benzene rings is 1. The fourth-order valence-electron chi connectivity index (χ4n) is 4.90.